The van der Waals surface area contributed by atoms with Crippen LogP contribution in [0.1, 0.15) is 52.7 Å². The fraction of sp³-hybridized carbons (Fsp3) is 0.545. The molecule has 1 aliphatic heterocycles. The predicted molar refractivity (Wildman–Crippen MR) is 108 cm³/mol. The van der Waals surface area contributed by atoms with Crippen molar-refractivity contribution in [3.8, 4) is 0 Å². The van der Waals surface area contributed by atoms with Crippen molar-refractivity contribution in [1.82, 2.24) is 4.57 Å². The standard InChI is InChI=1S/C22H30N2O3/c1-15(2)22(16(3)4)13-12-17-10-11-19(21(26)24(17)22)23-14-20(25)27-18-8-6-5-7-9-18/h6,8-11,15-16,23H,5,7,12-14H2,1-4H3. The van der Waals surface area contributed by atoms with Crippen LogP contribution in [0, 0.1) is 11.8 Å². The van der Waals surface area contributed by atoms with Crippen molar-refractivity contribution in [2.24, 2.45) is 11.8 Å². The molecule has 1 aromatic heterocycles. The molecule has 3 rings (SSSR count). The number of esters is 1. The van der Waals surface area contributed by atoms with Crippen LogP contribution in [0.4, 0.5) is 5.69 Å². The van der Waals surface area contributed by atoms with Gasteiger partial charge in [0.15, 0.2) is 0 Å². The third-order valence-corrected chi connectivity index (χ3v) is 5.98. The molecule has 1 aromatic rings. The Balaban J connectivity index is 1.79. The summed E-state index contributed by atoms with van der Waals surface area (Å²) in [6.07, 6.45) is 9.44. The molecular weight excluding hydrogens is 340 g/mol. The second kappa shape index (κ2) is 7.75. The number of allylic oxidation sites excluding steroid dienone is 3. The maximum atomic E-state index is 13.2. The van der Waals surface area contributed by atoms with E-state index in [1.807, 2.05) is 28.9 Å². The summed E-state index contributed by atoms with van der Waals surface area (Å²) in [4.78, 5) is 25.3. The smallest absolute Gasteiger partial charge is 0.330 e. The first-order valence-corrected chi connectivity index (χ1v) is 9.93. The molecule has 0 unspecified atom stereocenters. The van der Waals surface area contributed by atoms with E-state index >= 15 is 0 Å². The van der Waals surface area contributed by atoms with Crippen molar-refractivity contribution < 1.29 is 9.53 Å². The molecule has 0 spiro atoms. The van der Waals surface area contributed by atoms with Crippen molar-refractivity contribution in [2.75, 3.05) is 11.9 Å². The summed E-state index contributed by atoms with van der Waals surface area (Å²) in [5.74, 6) is 0.887. The normalized spacial score (nSPS) is 17.8. The maximum absolute atomic E-state index is 13.2. The van der Waals surface area contributed by atoms with Crippen LogP contribution in [0.15, 0.2) is 40.9 Å². The average molecular weight is 370 g/mol. The highest BCUT2D eigenvalue weighted by Gasteiger charge is 2.44. The summed E-state index contributed by atoms with van der Waals surface area (Å²) in [5, 5.41) is 2.99. The zero-order valence-electron chi connectivity index (χ0n) is 16.7. The minimum Gasteiger partial charge on any atom is -0.426 e. The Morgan fingerprint density at radius 1 is 1.22 bits per heavy atom. The Hall–Kier alpha value is -2.30. The number of anilines is 1. The van der Waals surface area contributed by atoms with Crippen molar-refractivity contribution in [1.29, 1.82) is 0 Å². The topological polar surface area (TPSA) is 60.3 Å². The summed E-state index contributed by atoms with van der Waals surface area (Å²) in [6, 6.07) is 3.80. The van der Waals surface area contributed by atoms with Gasteiger partial charge in [-0.15, -0.1) is 0 Å². The molecule has 5 nitrogen and oxygen atoms in total. The van der Waals surface area contributed by atoms with Gasteiger partial charge in [-0.2, -0.15) is 0 Å². The second-order valence-corrected chi connectivity index (χ2v) is 8.09. The number of aryl methyl sites for hydroxylation is 1. The molecule has 0 fully saturated rings. The maximum Gasteiger partial charge on any atom is 0.330 e. The van der Waals surface area contributed by atoms with Crippen LogP contribution in [0.5, 0.6) is 0 Å². The van der Waals surface area contributed by atoms with E-state index in [1.165, 1.54) is 0 Å². The average Bonchev–Trinajstić information content (AvgIpc) is 3.04. The molecule has 146 valence electrons. The molecule has 5 heteroatoms. The van der Waals surface area contributed by atoms with E-state index < -0.39 is 5.97 Å². The minimum absolute atomic E-state index is 0.0316. The van der Waals surface area contributed by atoms with Gasteiger partial charge in [-0.05, 0) is 61.8 Å². The molecule has 0 bridgehead atoms. The van der Waals surface area contributed by atoms with E-state index in [1.54, 1.807) is 6.07 Å². The van der Waals surface area contributed by atoms with E-state index in [4.69, 9.17) is 4.74 Å². The Morgan fingerprint density at radius 3 is 2.59 bits per heavy atom. The minimum atomic E-state index is -0.392. The van der Waals surface area contributed by atoms with Gasteiger partial charge in [0, 0.05) is 5.69 Å². The number of aromatic nitrogens is 1. The van der Waals surface area contributed by atoms with Crippen molar-refractivity contribution in [2.45, 2.75) is 58.9 Å². The highest BCUT2D eigenvalue weighted by atomic mass is 16.5. The molecule has 0 amide bonds. The molecule has 0 radical (unpaired) electrons. The molecule has 2 heterocycles. The number of hydrogen-bond donors (Lipinski definition) is 1. The molecule has 1 aliphatic carbocycles. The van der Waals surface area contributed by atoms with Crippen molar-refractivity contribution in [3.05, 3.63) is 52.2 Å². The van der Waals surface area contributed by atoms with Gasteiger partial charge >= 0.3 is 5.97 Å². The van der Waals surface area contributed by atoms with Gasteiger partial charge < -0.3 is 14.6 Å². The van der Waals surface area contributed by atoms with Gasteiger partial charge in [-0.25, -0.2) is 4.79 Å². The zero-order chi connectivity index (χ0) is 19.6. The van der Waals surface area contributed by atoms with Crippen molar-refractivity contribution >= 4 is 11.7 Å². The number of pyridine rings is 1. The Bertz CT molecular complexity index is 822. The summed E-state index contributed by atoms with van der Waals surface area (Å²) in [6.45, 7) is 8.71. The third-order valence-electron chi connectivity index (χ3n) is 5.98. The number of fused-ring (bicyclic) bond motifs is 1. The highest BCUT2D eigenvalue weighted by molar-refractivity contribution is 5.76. The van der Waals surface area contributed by atoms with Gasteiger partial charge in [0.05, 0.1) is 5.54 Å². The lowest BCUT2D eigenvalue weighted by Crippen LogP contribution is -2.47. The van der Waals surface area contributed by atoms with Gasteiger partial charge in [0.2, 0.25) is 0 Å². The number of carbonyl (C=O) groups excluding carboxylic acids is 1. The quantitative estimate of drug-likeness (QED) is 0.769. The first-order valence-electron chi connectivity index (χ1n) is 9.93. The molecule has 0 atom stereocenters. The summed E-state index contributed by atoms with van der Waals surface area (Å²) in [5.41, 5.74) is 1.31. The molecule has 0 saturated carbocycles. The van der Waals surface area contributed by atoms with Gasteiger partial charge in [0.25, 0.3) is 5.56 Å². The number of rotatable bonds is 6. The van der Waals surface area contributed by atoms with E-state index in [0.717, 1.165) is 31.4 Å². The van der Waals surface area contributed by atoms with E-state index in [2.05, 4.69) is 33.0 Å². The van der Waals surface area contributed by atoms with Crippen LogP contribution in [0.25, 0.3) is 0 Å². The van der Waals surface area contributed by atoms with Gasteiger partial charge in [-0.1, -0.05) is 33.8 Å². The second-order valence-electron chi connectivity index (χ2n) is 8.09. The molecule has 1 N–H and O–H groups in total. The van der Waals surface area contributed by atoms with Crippen LogP contribution >= 0.6 is 0 Å². The van der Waals surface area contributed by atoms with Crippen LogP contribution < -0.4 is 10.9 Å². The van der Waals surface area contributed by atoms with Crippen LogP contribution in [0.2, 0.25) is 0 Å². The number of hydrogen-bond acceptors (Lipinski definition) is 4. The molecule has 0 aromatic carbocycles. The zero-order valence-corrected chi connectivity index (χ0v) is 16.7. The SMILES string of the molecule is CC(C)C1(C(C)C)CCc2ccc(NCC(=O)OC3=CCCC=C3)c(=O)n21. The first kappa shape index (κ1) is 19.5. The molecule has 2 aliphatic rings. The summed E-state index contributed by atoms with van der Waals surface area (Å²) in [7, 11) is 0. The van der Waals surface area contributed by atoms with E-state index in [9.17, 15) is 9.59 Å². The number of carbonyl (C=O) groups is 1. The van der Waals surface area contributed by atoms with E-state index in [0.29, 0.717) is 23.3 Å². The fourth-order valence-corrected chi connectivity index (χ4v) is 4.56. The number of ether oxygens (including phenoxy) is 1. The highest BCUT2D eigenvalue weighted by Crippen LogP contribution is 2.43. The lowest BCUT2D eigenvalue weighted by molar-refractivity contribution is -0.136. The third kappa shape index (κ3) is 3.60. The lowest BCUT2D eigenvalue weighted by Gasteiger charge is -2.40. The monoisotopic (exact) mass is 370 g/mol. The first-order chi connectivity index (χ1) is 12.9. The van der Waals surface area contributed by atoms with Gasteiger partial charge in [0.1, 0.15) is 18.0 Å². The Labute approximate surface area is 161 Å². The lowest BCUT2D eigenvalue weighted by atomic mass is 9.75. The summed E-state index contributed by atoms with van der Waals surface area (Å²) >= 11 is 0. The van der Waals surface area contributed by atoms with Crippen LogP contribution in [-0.2, 0) is 21.5 Å². The van der Waals surface area contributed by atoms with Crippen LogP contribution in [0.3, 0.4) is 0 Å². The number of nitrogens with one attached hydrogen (secondary N) is 1. The summed E-state index contributed by atoms with van der Waals surface area (Å²) < 4.78 is 7.30. The largest absolute Gasteiger partial charge is 0.426 e. The Kier molecular flexibility index (Phi) is 5.59. The van der Waals surface area contributed by atoms with E-state index in [-0.39, 0.29) is 17.6 Å². The van der Waals surface area contributed by atoms with Crippen LogP contribution in [-0.4, -0.2) is 17.1 Å². The molecular formula is C22H30N2O3. The predicted octanol–water partition coefficient (Wildman–Crippen LogP) is 3.99. The molecule has 0 saturated heterocycles. The number of nitrogens with zero attached hydrogens (tertiary/aromatic N) is 1. The molecule has 27 heavy (non-hydrogen) atoms. The fourth-order valence-electron chi connectivity index (χ4n) is 4.56. The Morgan fingerprint density at radius 2 is 1.96 bits per heavy atom. The van der Waals surface area contributed by atoms with Gasteiger partial charge in [-0.3, -0.25) is 4.79 Å². The van der Waals surface area contributed by atoms with Crippen molar-refractivity contribution in [3.63, 3.8) is 0 Å².